The van der Waals surface area contributed by atoms with Gasteiger partial charge in [0.25, 0.3) is 5.91 Å². The van der Waals surface area contributed by atoms with E-state index < -0.39 is 0 Å². The van der Waals surface area contributed by atoms with E-state index in [-0.39, 0.29) is 5.91 Å². The van der Waals surface area contributed by atoms with Gasteiger partial charge in [0, 0.05) is 24.3 Å². The van der Waals surface area contributed by atoms with E-state index in [1.165, 1.54) is 12.8 Å². The molecule has 20 heavy (non-hydrogen) atoms. The Morgan fingerprint density at radius 2 is 2.10 bits per heavy atom. The minimum absolute atomic E-state index is 0.165. The molecule has 0 saturated carbocycles. The molecule has 5 heteroatoms. The van der Waals surface area contributed by atoms with Gasteiger partial charge in [0.15, 0.2) is 0 Å². The Morgan fingerprint density at radius 1 is 1.35 bits per heavy atom. The number of hydrogen-bond acceptors (Lipinski definition) is 3. The van der Waals surface area contributed by atoms with Gasteiger partial charge >= 0.3 is 0 Å². The van der Waals surface area contributed by atoms with Crippen LogP contribution in [0.5, 0.6) is 0 Å². The number of carbonyl (C=O) groups excluding carboxylic acids is 1. The van der Waals surface area contributed by atoms with Gasteiger partial charge in [0.1, 0.15) is 0 Å². The maximum absolute atomic E-state index is 12.8. The van der Waals surface area contributed by atoms with E-state index in [1.54, 1.807) is 6.20 Å². The van der Waals surface area contributed by atoms with Crippen LogP contribution >= 0.6 is 0 Å². The number of aromatic amines is 1. The van der Waals surface area contributed by atoms with Crippen LogP contribution in [0.3, 0.4) is 0 Å². The number of amides is 1. The summed E-state index contributed by atoms with van der Waals surface area (Å²) < 4.78 is 0. The van der Waals surface area contributed by atoms with Crippen LogP contribution in [-0.4, -0.2) is 58.1 Å². The quantitative estimate of drug-likeness (QED) is 0.913. The third-order valence-electron chi connectivity index (χ3n) is 4.88. The van der Waals surface area contributed by atoms with Crippen LogP contribution in [0.15, 0.2) is 6.20 Å². The van der Waals surface area contributed by atoms with E-state index in [0.717, 1.165) is 43.6 Å². The van der Waals surface area contributed by atoms with Gasteiger partial charge in [-0.15, -0.1) is 0 Å². The van der Waals surface area contributed by atoms with Crippen LogP contribution in [0.1, 0.15) is 48.7 Å². The topological polar surface area (TPSA) is 52.2 Å². The number of hydrogen-bond donors (Lipinski definition) is 1. The zero-order valence-corrected chi connectivity index (χ0v) is 12.4. The molecule has 2 aliphatic rings. The molecule has 0 unspecified atom stereocenters. The standard InChI is InChI=1S/C15H24N4O/c1-3-12-11(10-16-17-12)15(20)19-9-5-7-14(19)13-6-4-8-18(13)2/h10,13-14H,3-9H2,1-2H3,(H,16,17)/t13-,14-/m1/s1. The molecule has 5 nitrogen and oxygen atoms in total. The molecule has 1 aromatic heterocycles. The third-order valence-corrected chi connectivity index (χ3v) is 4.88. The highest BCUT2D eigenvalue weighted by Crippen LogP contribution is 2.30. The first-order chi connectivity index (χ1) is 9.72. The molecule has 2 saturated heterocycles. The molecule has 2 fully saturated rings. The average Bonchev–Trinajstić information content (AvgIpc) is 3.17. The van der Waals surface area contributed by atoms with E-state index in [0.29, 0.717) is 12.1 Å². The molecule has 0 radical (unpaired) electrons. The fraction of sp³-hybridized carbons (Fsp3) is 0.733. The number of carbonyl (C=O) groups is 1. The number of likely N-dealkylation sites (N-methyl/N-ethyl adjacent to an activating group) is 1. The summed E-state index contributed by atoms with van der Waals surface area (Å²) in [5.41, 5.74) is 1.72. The van der Waals surface area contributed by atoms with Gasteiger partial charge in [0.05, 0.1) is 11.8 Å². The number of likely N-dealkylation sites (tertiary alicyclic amines) is 2. The summed E-state index contributed by atoms with van der Waals surface area (Å²) in [6.45, 7) is 4.10. The van der Waals surface area contributed by atoms with Crippen LogP contribution in [-0.2, 0) is 6.42 Å². The molecule has 1 aromatic rings. The van der Waals surface area contributed by atoms with Crippen LogP contribution in [0.25, 0.3) is 0 Å². The zero-order chi connectivity index (χ0) is 14.1. The van der Waals surface area contributed by atoms with Crippen molar-refractivity contribution < 1.29 is 4.79 Å². The third kappa shape index (κ3) is 2.24. The molecule has 1 amide bonds. The molecule has 0 bridgehead atoms. The maximum atomic E-state index is 12.8. The first-order valence-electron chi connectivity index (χ1n) is 7.75. The predicted octanol–water partition coefficient (Wildman–Crippen LogP) is 1.67. The molecule has 110 valence electrons. The minimum Gasteiger partial charge on any atom is -0.334 e. The molecular weight excluding hydrogens is 252 g/mol. The number of nitrogens with one attached hydrogen (secondary N) is 1. The molecule has 2 atom stereocenters. The molecule has 0 spiro atoms. The van der Waals surface area contributed by atoms with E-state index in [9.17, 15) is 4.79 Å². The highest BCUT2D eigenvalue weighted by Gasteiger charge is 2.39. The van der Waals surface area contributed by atoms with Gasteiger partial charge in [0.2, 0.25) is 0 Å². The van der Waals surface area contributed by atoms with Crippen molar-refractivity contribution in [2.45, 2.75) is 51.1 Å². The van der Waals surface area contributed by atoms with Crippen LogP contribution in [0, 0.1) is 0 Å². The Balaban J connectivity index is 1.80. The lowest BCUT2D eigenvalue weighted by atomic mass is 10.0. The van der Waals surface area contributed by atoms with E-state index in [2.05, 4.69) is 34.0 Å². The van der Waals surface area contributed by atoms with Crippen LogP contribution in [0.2, 0.25) is 0 Å². The van der Waals surface area contributed by atoms with Crippen molar-refractivity contribution in [1.82, 2.24) is 20.0 Å². The smallest absolute Gasteiger partial charge is 0.257 e. The summed E-state index contributed by atoms with van der Waals surface area (Å²) in [6.07, 6.45) is 7.25. The molecule has 1 N–H and O–H groups in total. The van der Waals surface area contributed by atoms with Gasteiger partial charge in [-0.3, -0.25) is 9.89 Å². The second-order valence-electron chi connectivity index (χ2n) is 6.01. The Kier molecular flexibility index (Phi) is 3.78. The largest absolute Gasteiger partial charge is 0.334 e. The second-order valence-corrected chi connectivity index (χ2v) is 6.01. The summed E-state index contributed by atoms with van der Waals surface area (Å²) in [4.78, 5) is 17.3. The number of aryl methyl sites for hydroxylation is 1. The van der Waals surface area contributed by atoms with Crippen molar-refractivity contribution in [3.8, 4) is 0 Å². The van der Waals surface area contributed by atoms with Gasteiger partial charge in [-0.1, -0.05) is 6.92 Å². The Hall–Kier alpha value is -1.36. The summed E-state index contributed by atoms with van der Waals surface area (Å²) in [5, 5.41) is 6.99. The van der Waals surface area contributed by atoms with E-state index >= 15 is 0 Å². The molecule has 3 heterocycles. The minimum atomic E-state index is 0.165. The molecule has 2 aliphatic heterocycles. The average molecular weight is 276 g/mol. The van der Waals surface area contributed by atoms with Crippen molar-refractivity contribution in [3.63, 3.8) is 0 Å². The fourth-order valence-electron chi connectivity index (χ4n) is 3.79. The van der Waals surface area contributed by atoms with E-state index in [1.807, 2.05) is 0 Å². The molecule has 0 aliphatic carbocycles. The van der Waals surface area contributed by atoms with Gasteiger partial charge in [-0.2, -0.15) is 5.10 Å². The lowest BCUT2D eigenvalue weighted by Crippen LogP contribution is -2.47. The normalized spacial score (nSPS) is 27.4. The van der Waals surface area contributed by atoms with Crippen molar-refractivity contribution in [2.24, 2.45) is 0 Å². The predicted molar refractivity (Wildman–Crippen MR) is 77.7 cm³/mol. The molecule has 0 aromatic carbocycles. The number of nitrogens with zero attached hydrogens (tertiary/aromatic N) is 3. The number of aromatic nitrogens is 2. The summed E-state index contributed by atoms with van der Waals surface area (Å²) in [5.74, 6) is 0.165. The Bertz CT molecular complexity index is 484. The SMILES string of the molecule is CCc1[nH]ncc1C(=O)N1CCC[C@@H]1[C@H]1CCCN1C. The van der Waals surface area contributed by atoms with Gasteiger partial charge in [-0.25, -0.2) is 0 Å². The van der Waals surface area contributed by atoms with Gasteiger partial charge < -0.3 is 9.80 Å². The van der Waals surface area contributed by atoms with Crippen molar-refractivity contribution >= 4 is 5.91 Å². The number of rotatable bonds is 3. The van der Waals surface area contributed by atoms with E-state index in [4.69, 9.17) is 0 Å². The van der Waals surface area contributed by atoms with Gasteiger partial charge in [-0.05, 0) is 45.7 Å². The van der Waals surface area contributed by atoms with Crippen molar-refractivity contribution in [2.75, 3.05) is 20.1 Å². The van der Waals surface area contributed by atoms with Crippen molar-refractivity contribution in [3.05, 3.63) is 17.5 Å². The Morgan fingerprint density at radius 3 is 2.80 bits per heavy atom. The summed E-state index contributed by atoms with van der Waals surface area (Å²) >= 11 is 0. The number of H-pyrrole nitrogens is 1. The van der Waals surface area contributed by atoms with Crippen molar-refractivity contribution in [1.29, 1.82) is 0 Å². The van der Waals surface area contributed by atoms with Crippen LogP contribution < -0.4 is 0 Å². The summed E-state index contributed by atoms with van der Waals surface area (Å²) in [6, 6.07) is 0.924. The second kappa shape index (κ2) is 5.56. The monoisotopic (exact) mass is 276 g/mol. The lowest BCUT2D eigenvalue weighted by molar-refractivity contribution is 0.0663. The highest BCUT2D eigenvalue weighted by molar-refractivity contribution is 5.95. The first-order valence-corrected chi connectivity index (χ1v) is 7.75. The fourth-order valence-corrected chi connectivity index (χ4v) is 3.79. The highest BCUT2D eigenvalue weighted by atomic mass is 16.2. The Labute approximate surface area is 120 Å². The summed E-state index contributed by atoms with van der Waals surface area (Å²) in [7, 11) is 2.19. The lowest BCUT2D eigenvalue weighted by Gasteiger charge is -2.33. The van der Waals surface area contributed by atoms with Crippen LogP contribution in [0.4, 0.5) is 0 Å². The first kappa shape index (κ1) is 13.6. The maximum Gasteiger partial charge on any atom is 0.257 e. The molecular formula is C15H24N4O. The molecule has 3 rings (SSSR count). The zero-order valence-electron chi connectivity index (χ0n) is 12.4.